The lowest BCUT2D eigenvalue weighted by atomic mass is 9.97. The van der Waals surface area contributed by atoms with Gasteiger partial charge in [0.05, 0.1) is 12.7 Å². The number of aromatic nitrogens is 2. The summed E-state index contributed by atoms with van der Waals surface area (Å²) in [5.74, 6) is 1.46. The zero-order valence-electron chi connectivity index (χ0n) is 14.2. The molecule has 1 aromatic heterocycles. The van der Waals surface area contributed by atoms with Crippen molar-refractivity contribution in [2.45, 2.75) is 58.1 Å². The van der Waals surface area contributed by atoms with Crippen molar-refractivity contribution >= 4 is 5.95 Å². The Hall–Kier alpha value is -1.14. The summed E-state index contributed by atoms with van der Waals surface area (Å²) in [7, 11) is 0. The molecule has 0 aromatic carbocycles. The topological polar surface area (TPSA) is 54.6 Å². The van der Waals surface area contributed by atoms with Crippen molar-refractivity contribution in [2.24, 2.45) is 0 Å². The Morgan fingerprint density at radius 1 is 1.14 bits per heavy atom. The molecule has 3 heterocycles. The second-order valence-electron chi connectivity index (χ2n) is 7.54. The minimum Gasteiger partial charge on any atom is -0.376 e. The fourth-order valence-electron chi connectivity index (χ4n) is 3.26. The zero-order chi connectivity index (χ0) is 15.7. The van der Waals surface area contributed by atoms with Crippen LogP contribution in [-0.4, -0.2) is 60.0 Å². The molecule has 1 aromatic rings. The first-order valence-electron chi connectivity index (χ1n) is 8.38. The second kappa shape index (κ2) is 6.16. The minimum atomic E-state index is -0.0898. The van der Waals surface area contributed by atoms with Gasteiger partial charge in [0.2, 0.25) is 5.89 Å². The maximum Gasteiger partial charge on any atom is 0.266 e. The Morgan fingerprint density at radius 3 is 2.45 bits per heavy atom. The van der Waals surface area contributed by atoms with Crippen molar-refractivity contribution < 1.29 is 9.26 Å². The smallest absolute Gasteiger partial charge is 0.266 e. The SMILES string of the molecule is C[C@H]1CN(C2CCN(c3noc(C(C)(C)C)n3)CC2)CCO1. The summed E-state index contributed by atoms with van der Waals surface area (Å²) in [6, 6.07) is 0.664. The predicted octanol–water partition coefficient (Wildman–Crippen LogP) is 2.06. The molecule has 6 heteroatoms. The van der Waals surface area contributed by atoms with Crippen LogP contribution in [0.15, 0.2) is 4.52 Å². The molecular weight excluding hydrogens is 280 g/mol. The van der Waals surface area contributed by atoms with Crippen molar-refractivity contribution in [1.82, 2.24) is 15.0 Å². The summed E-state index contributed by atoms with van der Waals surface area (Å²) in [4.78, 5) is 9.40. The molecule has 1 atom stereocenters. The van der Waals surface area contributed by atoms with Crippen molar-refractivity contribution in [3.05, 3.63) is 5.89 Å². The number of piperidine rings is 1. The summed E-state index contributed by atoms with van der Waals surface area (Å²) < 4.78 is 11.0. The van der Waals surface area contributed by atoms with Crippen LogP contribution in [0.1, 0.15) is 46.4 Å². The molecule has 0 aliphatic carbocycles. The molecule has 0 radical (unpaired) electrons. The van der Waals surface area contributed by atoms with Crippen LogP contribution in [0, 0.1) is 0 Å². The first-order chi connectivity index (χ1) is 10.4. The molecule has 0 saturated carbocycles. The van der Waals surface area contributed by atoms with E-state index in [9.17, 15) is 0 Å². The van der Waals surface area contributed by atoms with Gasteiger partial charge in [0.1, 0.15) is 0 Å². The Bertz CT molecular complexity index is 489. The normalized spacial score (nSPS) is 25.6. The third kappa shape index (κ3) is 3.43. The fourth-order valence-corrected chi connectivity index (χ4v) is 3.26. The molecule has 0 spiro atoms. The summed E-state index contributed by atoms with van der Waals surface area (Å²) in [5.41, 5.74) is -0.0898. The Kier molecular flexibility index (Phi) is 4.41. The lowest BCUT2D eigenvalue weighted by Gasteiger charge is -2.41. The Morgan fingerprint density at radius 2 is 1.86 bits per heavy atom. The Balaban J connectivity index is 1.56. The summed E-state index contributed by atoms with van der Waals surface area (Å²) in [5, 5.41) is 4.16. The predicted molar refractivity (Wildman–Crippen MR) is 85.2 cm³/mol. The van der Waals surface area contributed by atoms with Crippen LogP contribution in [0.4, 0.5) is 5.95 Å². The van der Waals surface area contributed by atoms with Crippen molar-refractivity contribution in [2.75, 3.05) is 37.7 Å². The molecule has 2 aliphatic rings. The van der Waals surface area contributed by atoms with E-state index in [0.29, 0.717) is 18.0 Å². The second-order valence-corrected chi connectivity index (χ2v) is 7.54. The number of ether oxygens (including phenoxy) is 1. The molecule has 6 nitrogen and oxygen atoms in total. The van der Waals surface area contributed by atoms with Crippen LogP contribution < -0.4 is 4.90 Å². The monoisotopic (exact) mass is 308 g/mol. The number of hydrogen-bond donors (Lipinski definition) is 0. The van der Waals surface area contributed by atoms with Gasteiger partial charge in [0.15, 0.2) is 0 Å². The zero-order valence-corrected chi connectivity index (χ0v) is 14.2. The average Bonchev–Trinajstić information content (AvgIpc) is 2.97. The van der Waals surface area contributed by atoms with Gasteiger partial charge >= 0.3 is 0 Å². The van der Waals surface area contributed by atoms with E-state index in [4.69, 9.17) is 9.26 Å². The van der Waals surface area contributed by atoms with E-state index in [0.717, 1.165) is 51.6 Å². The van der Waals surface area contributed by atoms with Gasteiger partial charge in [0.25, 0.3) is 5.95 Å². The summed E-state index contributed by atoms with van der Waals surface area (Å²) in [6.45, 7) is 13.4. The van der Waals surface area contributed by atoms with E-state index in [-0.39, 0.29) is 5.41 Å². The van der Waals surface area contributed by atoms with Crippen molar-refractivity contribution in [3.8, 4) is 0 Å². The van der Waals surface area contributed by atoms with Crippen LogP contribution in [-0.2, 0) is 10.2 Å². The Labute approximate surface area is 132 Å². The van der Waals surface area contributed by atoms with Gasteiger partial charge in [-0.3, -0.25) is 4.90 Å². The number of rotatable bonds is 2. The maximum atomic E-state index is 5.64. The number of morpholine rings is 1. The van der Waals surface area contributed by atoms with Gasteiger partial charge in [-0.15, -0.1) is 0 Å². The van der Waals surface area contributed by atoms with Gasteiger partial charge in [-0.1, -0.05) is 20.8 Å². The van der Waals surface area contributed by atoms with E-state index >= 15 is 0 Å². The average molecular weight is 308 g/mol. The highest BCUT2D eigenvalue weighted by atomic mass is 16.5. The lowest BCUT2D eigenvalue weighted by molar-refractivity contribution is -0.0374. The van der Waals surface area contributed by atoms with E-state index in [1.54, 1.807) is 0 Å². The van der Waals surface area contributed by atoms with E-state index in [1.165, 1.54) is 0 Å². The van der Waals surface area contributed by atoms with E-state index in [1.807, 2.05) is 0 Å². The van der Waals surface area contributed by atoms with Gasteiger partial charge in [0, 0.05) is 37.6 Å². The van der Waals surface area contributed by atoms with Crippen LogP contribution in [0.2, 0.25) is 0 Å². The highest BCUT2D eigenvalue weighted by molar-refractivity contribution is 5.29. The lowest BCUT2D eigenvalue weighted by Crippen LogP contribution is -2.51. The molecule has 2 saturated heterocycles. The number of nitrogens with zero attached hydrogens (tertiary/aromatic N) is 4. The van der Waals surface area contributed by atoms with Gasteiger partial charge in [-0.25, -0.2) is 0 Å². The first-order valence-corrected chi connectivity index (χ1v) is 8.38. The van der Waals surface area contributed by atoms with Crippen LogP contribution in [0.3, 0.4) is 0 Å². The first kappa shape index (κ1) is 15.7. The molecule has 3 rings (SSSR count). The standard InChI is InChI=1S/C16H28N4O2/c1-12-11-20(9-10-21-12)13-5-7-19(8-6-13)15-17-14(22-18-15)16(2,3)4/h12-13H,5-11H2,1-4H3/t12-/m0/s1. The summed E-state index contributed by atoms with van der Waals surface area (Å²) in [6.07, 6.45) is 2.68. The van der Waals surface area contributed by atoms with Gasteiger partial charge in [-0.2, -0.15) is 4.98 Å². The van der Waals surface area contributed by atoms with Crippen molar-refractivity contribution in [1.29, 1.82) is 0 Å². The minimum absolute atomic E-state index is 0.0898. The molecular formula is C16H28N4O2. The number of anilines is 1. The van der Waals surface area contributed by atoms with Crippen LogP contribution >= 0.6 is 0 Å². The number of hydrogen-bond acceptors (Lipinski definition) is 6. The highest BCUT2D eigenvalue weighted by Crippen LogP contribution is 2.25. The van der Waals surface area contributed by atoms with Crippen LogP contribution in [0.5, 0.6) is 0 Å². The van der Waals surface area contributed by atoms with Gasteiger partial charge in [-0.05, 0) is 24.9 Å². The molecule has 0 amide bonds. The highest BCUT2D eigenvalue weighted by Gasteiger charge is 2.30. The largest absolute Gasteiger partial charge is 0.376 e. The van der Waals surface area contributed by atoms with E-state index in [2.05, 4.69) is 47.6 Å². The third-order valence-corrected chi connectivity index (χ3v) is 4.59. The molecule has 0 bridgehead atoms. The molecule has 0 unspecified atom stereocenters. The van der Waals surface area contributed by atoms with Gasteiger partial charge < -0.3 is 14.2 Å². The van der Waals surface area contributed by atoms with Crippen molar-refractivity contribution in [3.63, 3.8) is 0 Å². The maximum absolute atomic E-state index is 5.64. The van der Waals surface area contributed by atoms with Crippen LogP contribution in [0.25, 0.3) is 0 Å². The molecule has 2 fully saturated rings. The molecule has 0 N–H and O–H groups in total. The van der Waals surface area contributed by atoms with E-state index < -0.39 is 0 Å². The fraction of sp³-hybridized carbons (Fsp3) is 0.875. The summed E-state index contributed by atoms with van der Waals surface area (Å²) >= 11 is 0. The molecule has 2 aliphatic heterocycles. The quantitative estimate of drug-likeness (QED) is 0.833. The molecule has 124 valence electrons. The third-order valence-electron chi connectivity index (χ3n) is 4.59. The molecule has 22 heavy (non-hydrogen) atoms.